The second kappa shape index (κ2) is 7.07. The van der Waals surface area contributed by atoms with E-state index in [9.17, 15) is 9.90 Å². The molecule has 2 aromatic carbocycles. The van der Waals surface area contributed by atoms with E-state index >= 15 is 0 Å². The van der Waals surface area contributed by atoms with Gasteiger partial charge in [-0.05, 0) is 12.1 Å². The normalized spacial score (nSPS) is 9.06. The van der Waals surface area contributed by atoms with Crippen LogP contribution in [-0.2, 0) is 26.1 Å². The van der Waals surface area contributed by atoms with Crippen molar-refractivity contribution in [3.05, 3.63) is 60.2 Å². The Kier molecular flexibility index (Phi) is 5.70. The predicted octanol–water partition coefficient (Wildman–Crippen LogP) is 0.614. The van der Waals surface area contributed by atoms with Gasteiger partial charge in [0.1, 0.15) is 5.75 Å². The van der Waals surface area contributed by atoms with Crippen LogP contribution in [0.15, 0.2) is 54.6 Å². The first kappa shape index (κ1) is 13.7. The van der Waals surface area contributed by atoms with Gasteiger partial charge in [-0.25, -0.2) is 0 Å². The number of carbonyl (C=O) groups is 1. The average Bonchev–Trinajstić information content (AvgIpc) is 2.31. The molecule has 0 heterocycles. The van der Waals surface area contributed by atoms with Crippen LogP contribution in [0, 0.1) is 0 Å². The van der Waals surface area contributed by atoms with Crippen molar-refractivity contribution in [2.24, 2.45) is 0 Å². The van der Waals surface area contributed by atoms with E-state index in [1.54, 1.807) is 6.07 Å². The summed E-state index contributed by atoms with van der Waals surface area (Å²) in [7, 11) is 0. The molecule has 0 atom stereocenters. The van der Waals surface area contributed by atoms with Crippen LogP contribution >= 0.6 is 0 Å². The van der Waals surface area contributed by atoms with Crippen LogP contribution in [-0.4, -0.2) is 11.1 Å². The molecule has 0 saturated carbocycles. The van der Waals surface area contributed by atoms with Crippen molar-refractivity contribution in [1.82, 2.24) is 0 Å². The number of benzene rings is 2. The molecule has 4 heteroatoms. The number of aromatic hydroxyl groups is 1. The Morgan fingerprint density at radius 2 is 1.53 bits per heavy atom. The fraction of sp³-hybridized carbons (Fsp3) is 0. The third-order valence-electron chi connectivity index (χ3n) is 1.97. The van der Waals surface area contributed by atoms with E-state index in [-0.39, 0.29) is 11.3 Å². The molecular formula is C13H10HgO3. The van der Waals surface area contributed by atoms with Crippen molar-refractivity contribution in [2.75, 3.05) is 0 Å². The topological polar surface area (TPSA) is 60.4 Å². The zero-order valence-corrected chi connectivity index (χ0v) is 14.7. The van der Waals surface area contributed by atoms with Gasteiger partial charge in [-0.1, -0.05) is 12.1 Å². The number of aromatic carboxylic acids is 1. The molecule has 2 aromatic rings. The third kappa shape index (κ3) is 5.00. The number of para-hydroxylation sites is 1. The van der Waals surface area contributed by atoms with E-state index < -0.39 is 5.97 Å². The molecule has 2 rings (SSSR count). The van der Waals surface area contributed by atoms with Gasteiger partial charge in [0.15, 0.2) is 0 Å². The predicted molar refractivity (Wildman–Crippen MR) is 58.5 cm³/mol. The molecule has 0 aliphatic carbocycles. The fourth-order valence-electron chi connectivity index (χ4n) is 1.12. The maximum absolute atomic E-state index is 10.2. The summed E-state index contributed by atoms with van der Waals surface area (Å²) < 4.78 is 1.52. The molecule has 3 nitrogen and oxygen atoms in total. The number of phenols is 1. The summed E-state index contributed by atoms with van der Waals surface area (Å²) in [6.07, 6.45) is 0. The van der Waals surface area contributed by atoms with Crippen molar-refractivity contribution in [2.45, 2.75) is 0 Å². The Morgan fingerprint density at radius 1 is 1.00 bits per heavy atom. The van der Waals surface area contributed by atoms with E-state index in [2.05, 4.69) is 30.3 Å². The van der Waals surface area contributed by atoms with Crippen molar-refractivity contribution in [3.8, 4) is 5.75 Å². The molecule has 0 fully saturated rings. The Hall–Kier alpha value is -1.35. The molecule has 0 aliphatic rings. The minimum absolute atomic E-state index is 0.178. The van der Waals surface area contributed by atoms with Gasteiger partial charge in [-0.2, -0.15) is 0 Å². The summed E-state index contributed by atoms with van der Waals surface area (Å²) in [6, 6.07) is 16.2. The molecule has 0 radical (unpaired) electrons. The molecule has 0 aliphatic heterocycles. The van der Waals surface area contributed by atoms with Crippen LogP contribution in [0.4, 0.5) is 0 Å². The standard InChI is InChI=1S/C7H6O3.C6H5.Hg/c8-6-4-2-1-3-5(6)7(9)10;1-2-4-6-5-3-1;/h1-4,8H,(H,9,10);1-5H;/q;;+1/p-1. The number of rotatable bonds is 1. The van der Waals surface area contributed by atoms with Crippen LogP contribution in [0.25, 0.3) is 0 Å². The Labute approximate surface area is 116 Å². The summed E-state index contributed by atoms with van der Waals surface area (Å²) in [5.41, 5.74) is -0.178. The van der Waals surface area contributed by atoms with Crippen molar-refractivity contribution >= 4 is 9.04 Å². The van der Waals surface area contributed by atoms with Crippen LogP contribution in [0.1, 0.15) is 10.4 Å². The average molecular weight is 415 g/mol. The van der Waals surface area contributed by atoms with Gasteiger partial charge in [0, 0.05) is 5.56 Å². The monoisotopic (exact) mass is 416 g/mol. The Balaban J connectivity index is 0.000000181. The summed E-state index contributed by atoms with van der Waals surface area (Å²) in [5, 5.41) is 19.0. The number of carboxylic acids is 1. The van der Waals surface area contributed by atoms with E-state index in [1.807, 2.05) is 0 Å². The summed E-state index contributed by atoms with van der Waals surface area (Å²) >= 11 is 0.810. The molecular weight excluding hydrogens is 405 g/mol. The van der Waals surface area contributed by atoms with Gasteiger partial charge in [-0.3, -0.25) is 0 Å². The van der Waals surface area contributed by atoms with E-state index in [0.29, 0.717) is 0 Å². The Morgan fingerprint density at radius 3 is 1.88 bits per heavy atom. The van der Waals surface area contributed by atoms with E-state index in [0.717, 1.165) is 26.1 Å². The zero-order valence-electron chi connectivity index (χ0n) is 9.17. The molecule has 17 heavy (non-hydrogen) atoms. The first-order valence-electron chi connectivity index (χ1n) is 4.97. The molecule has 1 N–H and O–H groups in total. The first-order chi connectivity index (χ1) is 8.11. The fourth-order valence-corrected chi connectivity index (χ4v) is 2.18. The van der Waals surface area contributed by atoms with E-state index in [4.69, 9.17) is 5.11 Å². The minimum atomic E-state index is -1.36. The van der Waals surface area contributed by atoms with Gasteiger partial charge in [0.25, 0.3) is 0 Å². The van der Waals surface area contributed by atoms with Crippen LogP contribution in [0.2, 0.25) is 0 Å². The summed E-state index contributed by atoms with van der Waals surface area (Å²) in [5.74, 6) is -1.62. The molecule has 0 unspecified atom stereocenters. The van der Waals surface area contributed by atoms with Crippen LogP contribution in [0.3, 0.4) is 0 Å². The van der Waals surface area contributed by atoms with Gasteiger partial charge in [-0.15, -0.1) is 0 Å². The SMILES string of the molecule is O=C([O-])c1ccccc1O.[Hg+][c]1ccccc1. The van der Waals surface area contributed by atoms with Gasteiger partial charge in [0.2, 0.25) is 0 Å². The summed E-state index contributed by atoms with van der Waals surface area (Å²) in [6.45, 7) is 0. The number of carboxylic acid groups (broad SMARTS) is 1. The first-order valence-corrected chi connectivity index (χ1v) is 7.72. The molecule has 82 valence electrons. The van der Waals surface area contributed by atoms with Crippen LogP contribution < -0.4 is 8.18 Å². The Bertz CT molecular complexity index is 483. The quantitative estimate of drug-likeness (QED) is 0.696. The van der Waals surface area contributed by atoms with Crippen LogP contribution in [0.5, 0.6) is 5.75 Å². The molecule has 0 saturated heterocycles. The number of hydrogen-bond donors (Lipinski definition) is 1. The van der Waals surface area contributed by atoms with Crippen molar-refractivity contribution in [3.63, 3.8) is 0 Å². The van der Waals surface area contributed by atoms with Gasteiger partial charge < -0.3 is 15.0 Å². The second-order valence-corrected chi connectivity index (χ2v) is 6.46. The van der Waals surface area contributed by atoms with E-state index in [1.165, 1.54) is 21.3 Å². The zero-order chi connectivity index (χ0) is 12.7. The van der Waals surface area contributed by atoms with Gasteiger partial charge in [0.05, 0.1) is 5.97 Å². The number of hydrogen-bond acceptors (Lipinski definition) is 3. The molecule has 0 spiro atoms. The molecule has 0 aromatic heterocycles. The maximum atomic E-state index is 10.2. The summed E-state index contributed by atoms with van der Waals surface area (Å²) in [4.78, 5) is 10.2. The molecule has 0 bridgehead atoms. The van der Waals surface area contributed by atoms with Crippen molar-refractivity contribution in [1.29, 1.82) is 0 Å². The number of carbonyl (C=O) groups excluding carboxylic acids is 1. The van der Waals surface area contributed by atoms with Gasteiger partial charge >= 0.3 is 59.5 Å². The molecule has 0 amide bonds. The third-order valence-corrected chi connectivity index (χ3v) is 3.80. The van der Waals surface area contributed by atoms with Crippen molar-refractivity contribution < 1.29 is 41.1 Å². The second-order valence-electron chi connectivity index (χ2n) is 3.29.